The molecule has 2 aliphatic heterocycles. The number of hydroxylamine groups is 2. The second-order valence-corrected chi connectivity index (χ2v) is 16.0. The van der Waals surface area contributed by atoms with E-state index in [4.69, 9.17) is 14.3 Å². The molecule has 1 amide bonds. The molecule has 13 nitrogen and oxygen atoms in total. The molecule has 1 fully saturated rings. The number of fused-ring (bicyclic) bond motifs is 2. The molecule has 6 aromatic rings. The van der Waals surface area contributed by atoms with Crippen molar-refractivity contribution in [2.45, 2.75) is 44.1 Å². The average Bonchev–Trinajstić information content (AvgIpc) is 3.69. The quantitative estimate of drug-likeness (QED) is 0.0562. The molecule has 2 aliphatic rings. The fraction of sp³-hybridized carbons (Fsp3) is 0.286. The van der Waals surface area contributed by atoms with Gasteiger partial charge in [0, 0.05) is 35.7 Å². The highest BCUT2D eigenvalue weighted by atomic mass is 19.1. The number of rotatable bonds is 16. The lowest BCUT2D eigenvalue weighted by molar-refractivity contribution is -0.164. The molecule has 5 N–H and O–H groups in total. The van der Waals surface area contributed by atoms with E-state index in [0.29, 0.717) is 34.2 Å². The maximum atomic E-state index is 15.2. The van der Waals surface area contributed by atoms with E-state index in [1.54, 1.807) is 60.7 Å². The molecule has 1 saturated heterocycles. The zero-order valence-corrected chi connectivity index (χ0v) is 34.5. The van der Waals surface area contributed by atoms with Gasteiger partial charge in [-0.25, -0.2) is 9.18 Å². The molecular weight excluding hydrogens is 808 g/mol. The summed E-state index contributed by atoms with van der Waals surface area (Å²) in [5.74, 6) is -1.42. The van der Waals surface area contributed by atoms with Crippen LogP contribution in [0.15, 0.2) is 126 Å². The Morgan fingerprint density at radius 2 is 1.67 bits per heavy atom. The van der Waals surface area contributed by atoms with Gasteiger partial charge < -0.3 is 39.9 Å². The number of esters is 1. The molecule has 0 bridgehead atoms. The number of pyridine rings is 1. The number of hydrogen-bond donors (Lipinski definition) is 5. The van der Waals surface area contributed by atoms with Crippen molar-refractivity contribution in [3.63, 3.8) is 0 Å². The number of hydrogen-bond acceptors (Lipinski definition) is 11. The van der Waals surface area contributed by atoms with E-state index in [-0.39, 0.29) is 66.9 Å². The molecular formula is C49H49FN4O9. The molecule has 0 saturated carbocycles. The first-order chi connectivity index (χ1) is 30.5. The number of halogens is 1. The summed E-state index contributed by atoms with van der Waals surface area (Å²) in [6.45, 7) is 3.32. The molecule has 0 radical (unpaired) electrons. The van der Waals surface area contributed by atoms with E-state index in [2.05, 4.69) is 27.3 Å². The van der Waals surface area contributed by atoms with E-state index in [9.17, 15) is 29.7 Å². The maximum Gasteiger partial charge on any atom is 0.347 e. The normalized spacial score (nSPS) is 15.9. The van der Waals surface area contributed by atoms with Gasteiger partial charge in [-0.3, -0.25) is 14.5 Å². The zero-order chi connectivity index (χ0) is 43.9. The second kappa shape index (κ2) is 19.2. The zero-order valence-electron chi connectivity index (χ0n) is 34.5. The molecule has 326 valence electrons. The van der Waals surface area contributed by atoms with Crippen LogP contribution >= 0.6 is 0 Å². The topological polar surface area (TPSA) is 174 Å². The fourth-order valence-corrected chi connectivity index (χ4v) is 8.18. The summed E-state index contributed by atoms with van der Waals surface area (Å²) in [7, 11) is 0. The van der Waals surface area contributed by atoms with Crippen molar-refractivity contribution in [2.75, 3.05) is 39.4 Å². The fourth-order valence-electron chi connectivity index (χ4n) is 8.18. The van der Waals surface area contributed by atoms with Crippen LogP contribution in [0.4, 0.5) is 4.39 Å². The minimum atomic E-state index is -2.09. The van der Waals surface area contributed by atoms with Crippen molar-refractivity contribution >= 4 is 22.8 Å². The lowest BCUT2D eigenvalue weighted by Crippen LogP contribution is -2.40. The Balaban J connectivity index is 0.825. The van der Waals surface area contributed by atoms with Crippen LogP contribution in [0.2, 0.25) is 0 Å². The van der Waals surface area contributed by atoms with Crippen LogP contribution in [0, 0.1) is 11.7 Å². The van der Waals surface area contributed by atoms with Crippen LogP contribution in [-0.2, 0) is 28.2 Å². The number of likely N-dealkylation sites (tertiary alicyclic amines) is 1. The van der Waals surface area contributed by atoms with Crippen molar-refractivity contribution in [2.24, 2.45) is 5.92 Å². The number of piperidine rings is 1. The molecule has 1 aromatic heterocycles. The largest absolute Gasteiger partial charge is 0.506 e. The average molecular weight is 857 g/mol. The van der Waals surface area contributed by atoms with Gasteiger partial charge in [0.15, 0.2) is 5.75 Å². The maximum absolute atomic E-state index is 15.2. The van der Waals surface area contributed by atoms with Crippen LogP contribution < -0.4 is 20.5 Å². The van der Waals surface area contributed by atoms with Gasteiger partial charge in [0.05, 0.1) is 43.5 Å². The first kappa shape index (κ1) is 43.1. The number of H-pyrrole nitrogens is 1. The second-order valence-electron chi connectivity index (χ2n) is 16.0. The summed E-state index contributed by atoms with van der Waals surface area (Å²) in [6, 6.07) is 34.0. The lowest BCUT2D eigenvalue weighted by atomic mass is 9.86. The molecule has 3 heterocycles. The smallest absolute Gasteiger partial charge is 0.347 e. The SMILES string of the molecule is O=C(NCCCOc1cccc([C@](O)(C(=O)OCC2CCN(Cc3ccccc3)CC2)c2ccccc2)c1)c1cc2c(cc1F)CN(C[C@H](O)c1ccc(O)c3[nH]c(=O)ccc13)O2. The van der Waals surface area contributed by atoms with Crippen LogP contribution in [0.3, 0.4) is 0 Å². The number of aliphatic hydroxyl groups excluding tert-OH is 1. The van der Waals surface area contributed by atoms with Crippen molar-refractivity contribution in [1.29, 1.82) is 0 Å². The summed E-state index contributed by atoms with van der Waals surface area (Å²) >= 11 is 0. The molecule has 2 atom stereocenters. The number of carbonyl (C=O) groups excluding carboxylic acids is 2. The Kier molecular flexibility index (Phi) is 13.1. The number of benzene rings is 5. The van der Waals surface area contributed by atoms with Crippen molar-refractivity contribution < 1.29 is 43.6 Å². The Morgan fingerprint density at radius 1 is 0.921 bits per heavy atom. The number of amides is 1. The Morgan fingerprint density at radius 3 is 2.44 bits per heavy atom. The van der Waals surface area contributed by atoms with E-state index < -0.39 is 35.0 Å². The van der Waals surface area contributed by atoms with E-state index in [0.717, 1.165) is 32.5 Å². The minimum absolute atomic E-state index is 0.0228. The number of phenolic OH excluding ortho intramolecular Hbond substituents is 1. The predicted molar refractivity (Wildman–Crippen MR) is 232 cm³/mol. The number of phenols is 1. The summed E-state index contributed by atoms with van der Waals surface area (Å²) in [6.07, 6.45) is 1.03. The number of nitrogens with one attached hydrogen (secondary N) is 2. The van der Waals surface area contributed by atoms with E-state index in [1.165, 1.54) is 41.0 Å². The number of ether oxygens (including phenoxy) is 2. The van der Waals surface area contributed by atoms with Crippen molar-refractivity contribution in [1.82, 2.24) is 20.3 Å². The van der Waals surface area contributed by atoms with Crippen LogP contribution in [-0.4, -0.2) is 81.5 Å². The van der Waals surface area contributed by atoms with Crippen LogP contribution in [0.1, 0.15) is 63.5 Å². The van der Waals surface area contributed by atoms with Gasteiger partial charge in [-0.15, -0.1) is 5.06 Å². The first-order valence-electron chi connectivity index (χ1n) is 21.1. The summed E-state index contributed by atoms with van der Waals surface area (Å²) in [5, 5.41) is 38.0. The van der Waals surface area contributed by atoms with Gasteiger partial charge >= 0.3 is 5.97 Å². The highest BCUT2D eigenvalue weighted by Crippen LogP contribution is 2.36. The monoisotopic (exact) mass is 856 g/mol. The number of aliphatic hydroxyl groups is 2. The first-order valence-corrected chi connectivity index (χ1v) is 21.1. The Labute approximate surface area is 363 Å². The Hall–Kier alpha value is -6.58. The molecule has 63 heavy (non-hydrogen) atoms. The summed E-state index contributed by atoms with van der Waals surface area (Å²) in [4.78, 5) is 49.6. The highest BCUT2D eigenvalue weighted by Gasteiger charge is 2.42. The number of aromatic amines is 1. The molecule has 14 heteroatoms. The highest BCUT2D eigenvalue weighted by molar-refractivity contribution is 5.95. The number of carbonyl (C=O) groups is 2. The number of nitrogens with zero attached hydrogens (tertiary/aromatic N) is 2. The van der Waals surface area contributed by atoms with E-state index >= 15 is 4.39 Å². The standard InChI is InChI=1S/C49H49FN4O9/c50-41-25-34-29-54(30-43(56)38-15-17-42(55)46-39(38)16-18-45(57)52-46)63-44(34)27-40(41)47(58)51-21-8-24-61-37-14-7-13-36(26-37)49(60,35-11-5-2-6-12-35)48(59)62-31-33-19-22-53(23-20-33)28-32-9-3-1-4-10-32/h1-7,9-18,25-27,33,43,55-56,60H,8,19-24,28-31H2,(H,51,58)(H,52,57)/t43-,49-/m0/s1. The third kappa shape index (κ3) is 9.90. The summed E-state index contributed by atoms with van der Waals surface area (Å²) in [5.41, 5.74) is 0.369. The van der Waals surface area contributed by atoms with Gasteiger partial charge in [-0.2, -0.15) is 0 Å². The van der Waals surface area contributed by atoms with Crippen molar-refractivity contribution in [3.05, 3.63) is 171 Å². The molecule has 5 aromatic carbocycles. The minimum Gasteiger partial charge on any atom is -0.506 e. The van der Waals surface area contributed by atoms with Crippen molar-refractivity contribution in [3.8, 4) is 17.2 Å². The lowest BCUT2D eigenvalue weighted by Gasteiger charge is -2.33. The number of aromatic hydroxyl groups is 1. The third-order valence-electron chi connectivity index (χ3n) is 11.6. The van der Waals surface area contributed by atoms with Gasteiger partial charge in [-0.05, 0) is 91.4 Å². The number of β-amino-alcohol motifs (C(OH)–C–C–N with tert-alkyl or cyclic N) is 1. The van der Waals surface area contributed by atoms with Crippen LogP contribution in [0.25, 0.3) is 10.9 Å². The van der Waals surface area contributed by atoms with Gasteiger partial charge in [0.2, 0.25) is 11.2 Å². The Bertz CT molecular complexity index is 2620. The summed E-state index contributed by atoms with van der Waals surface area (Å²) < 4.78 is 27.1. The van der Waals surface area contributed by atoms with E-state index in [1.807, 2.05) is 18.2 Å². The number of aromatic nitrogens is 1. The van der Waals surface area contributed by atoms with Gasteiger partial charge in [-0.1, -0.05) is 78.9 Å². The van der Waals surface area contributed by atoms with Gasteiger partial charge in [0.1, 0.15) is 17.3 Å². The van der Waals surface area contributed by atoms with Gasteiger partial charge in [0.25, 0.3) is 5.91 Å². The molecule has 8 rings (SSSR count). The molecule has 0 unspecified atom stereocenters. The molecule has 0 spiro atoms. The van der Waals surface area contributed by atoms with Crippen LogP contribution in [0.5, 0.6) is 17.2 Å². The third-order valence-corrected chi connectivity index (χ3v) is 11.6. The molecule has 0 aliphatic carbocycles. The predicted octanol–water partition coefficient (Wildman–Crippen LogP) is 6.11.